The molecule has 0 aliphatic carbocycles. The van der Waals surface area contributed by atoms with Crippen molar-refractivity contribution in [1.29, 1.82) is 0 Å². The van der Waals surface area contributed by atoms with Gasteiger partial charge in [-0.2, -0.15) is 4.52 Å². The maximum atomic E-state index is 9.10. The van der Waals surface area contributed by atoms with Crippen molar-refractivity contribution in [3.63, 3.8) is 0 Å². The molecule has 0 bridgehead atoms. The van der Waals surface area contributed by atoms with Gasteiger partial charge in [-0.05, 0) is 48.5 Å². The summed E-state index contributed by atoms with van der Waals surface area (Å²) in [5.74, 6) is 1.65. The second-order valence-electron chi connectivity index (χ2n) is 3.45. The lowest BCUT2D eigenvalue weighted by atomic mass is 10.3. The van der Waals surface area contributed by atoms with E-state index in [1.165, 1.54) is 0 Å². The SMILES string of the molecule is Oc1ccc(OP=NPOc2ccc(O)cc2)cc1. The lowest BCUT2D eigenvalue weighted by molar-refractivity contribution is 0.473. The Morgan fingerprint density at radius 3 is 1.95 bits per heavy atom. The van der Waals surface area contributed by atoms with Gasteiger partial charge >= 0.3 is 0 Å². The molecule has 7 heteroatoms. The van der Waals surface area contributed by atoms with E-state index in [4.69, 9.17) is 19.3 Å². The Hall–Kier alpha value is -1.83. The molecule has 0 aliphatic rings. The van der Waals surface area contributed by atoms with Crippen molar-refractivity contribution >= 4 is 17.6 Å². The first-order chi connectivity index (χ1) is 9.24. The lowest BCUT2D eigenvalue weighted by Gasteiger charge is -2.01. The average molecular weight is 295 g/mol. The number of hydrogen-bond acceptors (Lipinski definition) is 5. The summed E-state index contributed by atoms with van der Waals surface area (Å²) in [4.78, 5) is 0. The minimum Gasteiger partial charge on any atom is -0.508 e. The number of rotatable bonds is 5. The van der Waals surface area contributed by atoms with Crippen molar-refractivity contribution in [3.8, 4) is 23.0 Å². The molecule has 5 nitrogen and oxygen atoms in total. The molecule has 2 N–H and O–H groups in total. The van der Waals surface area contributed by atoms with Gasteiger partial charge in [-0.15, -0.1) is 0 Å². The molecule has 0 saturated heterocycles. The molecule has 19 heavy (non-hydrogen) atoms. The molecule has 0 saturated carbocycles. The van der Waals surface area contributed by atoms with Crippen LogP contribution in [0.3, 0.4) is 0 Å². The molecule has 0 aromatic heterocycles. The Bertz CT molecular complexity index is 543. The van der Waals surface area contributed by atoms with Crippen molar-refractivity contribution in [2.24, 2.45) is 4.52 Å². The third-order valence-corrected chi connectivity index (χ3v) is 3.34. The summed E-state index contributed by atoms with van der Waals surface area (Å²) in [6.45, 7) is 0. The Morgan fingerprint density at radius 1 is 0.842 bits per heavy atom. The van der Waals surface area contributed by atoms with E-state index in [-0.39, 0.29) is 20.5 Å². The number of phenolic OH excluding ortho intramolecular Hbond substituents is 2. The first kappa shape index (κ1) is 13.6. The second kappa shape index (κ2) is 6.93. The van der Waals surface area contributed by atoms with Crippen molar-refractivity contribution in [3.05, 3.63) is 48.5 Å². The predicted octanol–water partition coefficient (Wildman–Crippen LogP) is 4.11. The molecule has 98 valence electrons. The third-order valence-electron chi connectivity index (χ3n) is 2.06. The van der Waals surface area contributed by atoms with Gasteiger partial charge in [-0.25, -0.2) is 0 Å². The van der Waals surface area contributed by atoms with Crippen LogP contribution in [-0.4, -0.2) is 10.2 Å². The van der Waals surface area contributed by atoms with Gasteiger partial charge in [0.25, 0.3) is 0 Å². The van der Waals surface area contributed by atoms with E-state index in [1.807, 2.05) is 0 Å². The van der Waals surface area contributed by atoms with E-state index in [1.54, 1.807) is 48.5 Å². The fraction of sp³-hybridized carbons (Fsp3) is 0. The van der Waals surface area contributed by atoms with Crippen molar-refractivity contribution in [2.75, 3.05) is 0 Å². The van der Waals surface area contributed by atoms with Crippen molar-refractivity contribution < 1.29 is 19.3 Å². The van der Waals surface area contributed by atoms with Crippen LogP contribution in [0.25, 0.3) is 0 Å². The number of phenols is 2. The van der Waals surface area contributed by atoms with Crippen LogP contribution in [0.4, 0.5) is 0 Å². The monoisotopic (exact) mass is 295 g/mol. The summed E-state index contributed by atoms with van der Waals surface area (Å²) in [6.07, 6.45) is 0. The van der Waals surface area contributed by atoms with E-state index >= 15 is 0 Å². The standard InChI is InChI=1S/C12H11NO4P2/c14-9-1-5-11(6-2-9)16-18-13-19-17-12-7-3-10(15)4-8-12/h1-8,14-15,18H. The molecular weight excluding hydrogens is 284 g/mol. The largest absolute Gasteiger partial charge is 0.508 e. The van der Waals surface area contributed by atoms with Gasteiger partial charge in [0.15, 0.2) is 0 Å². The zero-order valence-corrected chi connectivity index (χ0v) is 11.6. The van der Waals surface area contributed by atoms with E-state index in [2.05, 4.69) is 4.52 Å². The second-order valence-corrected chi connectivity index (χ2v) is 4.99. The third kappa shape index (κ3) is 4.74. The van der Waals surface area contributed by atoms with Gasteiger partial charge in [-0.1, -0.05) is 0 Å². The maximum absolute atomic E-state index is 9.10. The molecule has 1 atom stereocenters. The number of benzene rings is 2. The van der Waals surface area contributed by atoms with Gasteiger partial charge in [-0.3, -0.25) is 0 Å². The van der Waals surface area contributed by atoms with E-state index in [9.17, 15) is 0 Å². The lowest BCUT2D eigenvalue weighted by Crippen LogP contribution is -1.75. The summed E-state index contributed by atoms with van der Waals surface area (Å²) in [6, 6.07) is 12.8. The zero-order chi connectivity index (χ0) is 13.5. The average Bonchev–Trinajstić information content (AvgIpc) is 2.43. The van der Waals surface area contributed by atoms with E-state index in [0.717, 1.165) is 0 Å². The minimum atomic E-state index is -0.0875. The number of hydrogen-bond donors (Lipinski definition) is 2. The highest BCUT2D eigenvalue weighted by molar-refractivity contribution is 7.39. The molecule has 0 aliphatic heterocycles. The predicted molar refractivity (Wildman–Crippen MR) is 75.1 cm³/mol. The van der Waals surface area contributed by atoms with Crippen LogP contribution in [0.15, 0.2) is 53.0 Å². The smallest absolute Gasteiger partial charge is 0.249 e. The van der Waals surface area contributed by atoms with E-state index < -0.39 is 0 Å². The van der Waals surface area contributed by atoms with E-state index in [0.29, 0.717) is 20.1 Å². The summed E-state index contributed by atoms with van der Waals surface area (Å²) in [7, 11) is 0.339. The molecule has 2 rings (SSSR count). The molecule has 0 spiro atoms. The van der Waals surface area contributed by atoms with Crippen LogP contribution in [0.2, 0.25) is 0 Å². The topological polar surface area (TPSA) is 71.3 Å². The highest BCUT2D eigenvalue weighted by Crippen LogP contribution is 2.27. The molecule has 1 unspecified atom stereocenters. The van der Waals surface area contributed by atoms with Gasteiger partial charge in [0.05, 0.1) is 0 Å². The van der Waals surface area contributed by atoms with Crippen LogP contribution in [0.5, 0.6) is 23.0 Å². The first-order valence-electron chi connectivity index (χ1n) is 5.31. The maximum Gasteiger partial charge on any atom is 0.249 e. The van der Waals surface area contributed by atoms with Crippen LogP contribution in [-0.2, 0) is 0 Å². The first-order valence-corrected chi connectivity index (χ1v) is 6.93. The molecule has 0 amide bonds. The van der Waals surface area contributed by atoms with Gasteiger partial charge in [0, 0.05) is 0 Å². The Morgan fingerprint density at radius 2 is 1.37 bits per heavy atom. The highest BCUT2D eigenvalue weighted by Gasteiger charge is 1.94. The van der Waals surface area contributed by atoms with Crippen molar-refractivity contribution in [1.82, 2.24) is 0 Å². The quantitative estimate of drug-likeness (QED) is 0.814. The Kier molecular flexibility index (Phi) is 4.96. The number of nitrogens with zero attached hydrogens (tertiary/aromatic N) is 1. The fourth-order valence-electron chi connectivity index (χ4n) is 1.18. The van der Waals surface area contributed by atoms with Crippen LogP contribution in [0, 0.1) is 0 Å². The molecule has 2 aromatic rings. The normalized spacial score (nSPS) is 11.2. The van der Waals surface area contributed by atoms with Gasteiger partial charge in [0.2, 0.25) is 17.6 Å². The van der Waals surface area contributed by atoms with Crippen LogP contribution in [0.1, 0.15) is 0 Å². The Labute approximate surface area is 113 Å². The molecule has 0 fully saturated rings. The van der Waals surface area contributed by atoms with Gasteiger partial charge in [0.1, 0.15) is 23.0 Å². The molecule has 2 aromatic carbocycles. The summed E-state index contributed by atoms with van der Waals surface area (Å²) >= 11 is 0. The highest BCUT2D eigenvalue weighted by atomic mass is 31.1. The zero-order valence-electron chi connectivity index (χ0n) is 9.72. The van der Waals surface area contributed by atoms with Gasteiger partial charge < -0.3 is 19.3 Å². The molecule has 0 radical (unpaired) electrons. The van der Waals surface area contributed by atoms with Crippen molar-refractivity contribution in [2.45, 2.75) is 0 Å². The summed E-state index contributed by atoms with van der Waals surface area (Å²) < 4.78 is 14.7. The minimum absolute atomic E-state index is 0.0875. The fourth-order valence-corrected chi connectivity index (χ4v) is 2.10. The molecular formula is C12H11NO4P2. The molecule has 0 heterocycles. The summed E-state index contributed by atoms with van der Waals surface area (Å²) in [5, 5.41) is 18.2. The number of aromatic hydroxyl groups is 2. The van der Waals surface area contributed by atoms with Crippen LogP contribution < -0.4 is 9.05 Å². The Balaban J connectivity index is 1.75. The van der Waals surface area contributed by atoms with Crippen LogP contribution >= 0.6 is 17.6 Å². The summed E-state index contributed by atoms with van der Waals surface area (Å²) in [5.41, 5.74) is 0.